The fourth-order valence-corrected chi connectivity index (χ4v) is 3.38. The van der Waals surface area contributed by atoms with E-state index in [1.807, 2.05) is 24.3 Å². The van der Waals surface area contributed by atoms with Crippen LogP contribution in [-0.4, -0.2) is 20.8 Å². The highest BCUT2D eigenvalue weighted by Crippen LogP contribution is 2.25. The summed E-state index contributed by atoms with van der Waals surface area (Å²) in [4.78, 5) is 13.9. The molecule has 0 unspecified atom stereocenters. The summed E-state index contributed by atoms with van der Waals surface area (Å²) in [6.07, 6.45) is 5.05. The number of rotatable bonds is 4. The van der Waals surface area contributed by atoms with Gasteiger partial charge < -0.3 is 5.32 Å². The van der Waals surface area contributed by atoms with Gasteiger partial charge in [0.25, 0.3) is 5.91 Å². The topological polar surface area (TPSA) is 50.2 Å². The summed E-state index contributed by atoms with van der Waals surface area (Å²) < 4.78 is 15.8. The van der Waals surface area contributed by atoms with Crippen molar-refractivity contribution in [1.29, 1.82) is 0 Å². The first-order valence-electron chi connectivity index (χ1n) is 8.40. The van der Waals surface area contributed by atoms with Crippen LogP contribution in [0, 0.1) is 5.82 Å². The lowest BCUT2D eigenvalue weighted by molar-refractivity contribution is -0.113. The minimum Gasteiger partial charge on any atom is -0.327 e. The zero-order valence-corrected chi connectivity index (χ0v) is 16.0. The average Bonchev–Trinajstić information content (AvgIpc) is 3.22. The maximum Gasteiger partial charge on any atom is 0.281 e. The Labute approximate surface area is 171 Å². The Morgan fingerprint density at radius 3 is 2.71 bits per heavy atom. The first-order valence-corrected chi connectivity index (χ1v) is 9.19. The molecule has 140 valence electrons. The Bertz CT molecular complexity index is 1110. The van der Waals surface area contributed by atoms with Crippen molar-refractivity contribution < 1.29 is 9.18 Å². The van der Waals surface area contributed by atoms with Crippen molar-refractivity contribution in [1.82, 2.24) is 15.1 Å². The lowest BCUT2D eigenvalue weighted by Gasteiger charge is -2.14. The van der Waals surface area contributed by atoms with Crippen LogP contribution in [0.15, 0.2) is 66.6 Å². The summed E-state index contributed by atoms with van der Waals surface area (Å²) in [6.45, 7) is 0.504. The molecule has 0 saturated carbocycles. The summed E-state index contributed by atoms with van der Waals surface area (Å²) in [5.74, 6) is -0.942. The molecule has 1 N–H and O–H groups in total. The van der Waals surface area contributed by atoms with Crippen molar-refractivity contribution in [3.05, 3.63) is 88.6 Å². The van der Waals surface area contributed by atoms with Crippen molar-refractivity contribution in [2.75, 3.05) is 4.90 Å². The number of halogens is 2. The number of carbonyl (C=O) groups is 1. The van der Waals surface area contributed by atoms with E-state index in [1.54, 1.807) is 35.3 Å². The highest BCUT2D eigenvalue weighted by Gasteiger charge is 2.33. The Morgan fingerprint density at radius 2 is 1.93 bits per heavy atom. The zero-order valence-electron chi connectivity index (χ0n) is 14.5. The molecule has 0 radical (unpaired) electrons. The van der Waals surface area contributed by atoms with Gasteiger partial charge in [0.15, 0.2) is 5.11 Å². The molecule has 0 aliphatic carbocycles. The zero-order chi connectivity index (χ0) is 19.7. The fourth-order valence-electron chi connectivity index (χ4n) is 2.90. The molecule has 1 saturated heterocycles. The monoisotopic (exact) mass is 412 g/mol. The van der Waals surface area contributed by atoms with Crippen molar-refractivity contribution in [2.45, 2.75) is 6.54 Å². The molecule has 3 aromatic rings. The number of anilines is 1. The van der Waals surface area contributed by atoms with Gasteiger partial charge in [-0.15, -0.1) is 0 Å². The lowest BCUT2D eigenvalue weighted by atomic mass is 10.2. The first kappa shape index (κ1) is 18.3. The van der Waals surface area contributed by atoms with E-state index in [0.29, 0.717) is 17.1 Å². The number of thiocarbonyl (C=S) groups is 1. The third kappa shape index (κ3) is 3.54. The molecule has 1 amide bonds. The molecule has 28 heavy (non-hydrogen) atoms. The maximum absolute atomic E-state index is 14.1. The number of benzene rings is 2. The molecule has 1 aliphatic heterocycles. The van der Waals surface area contributed by atoms with Gasteiger partial charge >= 0.3 is 0 Å². The van der Waals surface area contributed by atoms with Crippen molar-refractivity contribution >= 4 is 46.6 Å². The Hall–Kier alpha value is -3.03. The molecule has 0 atom stereocenters. The van der Waals surface area contributed by atoms with E-state index in [9.17, 15) is 9.18 Å². The minimum atomic E-state index is -0.520. The summed E-state index contributed by atoms with van der Waals surface area (Å²) in [5, 5.41) is 7.93. The fraction of sp³-hybridized carbons (Fsp3) is 0.0500. The number of nitrogens with zero attached hydrogens (tertiary/aromatic N) is 3. The van der Waals surface area contributed by atoms with Crippen molar-refractivity contribution in [3.8, 4) is 0 Å². The van der Waals surface area contributed by atoms with Gasteiger partial charge in [-0.1, -0.05) is 41.9 Å². The second-order valence-corrected chi connectivity index (χ2v) is 6.94. The Morgan fingerprint density at radius 1 is 1.18 bits per heavy atom. The Balaban J connectivity index is 1.56. The first-order chi connectivity index (χ1) is 13.5. The van der Waals surface area contributed by atoms with E-state index in [2.05, 4.69) is 10.4 Å². The van der Waals surface area contributed by atoms with Gasteiger partial charge in [-0.25, -0.2) is 9.29 Å². The standard InChI is InChI=1S/C20H14ClFN4OS/c21-15-6-2-1-5-14(15)12-25-11-13(10-23-25)9-17-19(27)26(20(28)24-17)18-8-4-3-7-16(18)22/h1-11H,12H2,(H,24,28)/b17-9+. The van der Waals surface area contributed by atoms with Crippen LogP contribution < -0.4 is 10.2 Å². The SMILES string of the molecule is O=C1/C(=C\c2cnn(Cc3ccccc3Cl)c2)NC(=S)N1c1ccccc1F. The lowest BCUT2D eigenvalue weighted by Crippen LogP contribution is -2.31. The predicted molar refractivity (Wildman–Crippen MR) is 110 cm³/mol. The van der Waals surface area contributed by atoms with E-state index in [4.69, 9.17) is 23.8 Å². The molecule has 5 nitrogen and oxygen atoms in total. The van der Waals surface area contributed by atoms with E-state index < -0.39 is 11.7 Å². The van der Waals surface area contributed by atoms with Gasteiger partial charge in [0.05, 0.1) is 18.4 Å². The number of nitrogens with one attached hydrogen (secondary N) is 1. The van der Waals surface area contributed by atoms with Gasteiger partial charge in [0.2, 0.25) is 0 Å². The largest absolute Gasteiger partial charge is 0.327 e. The average molecular weight is 413 g/mol. The number of amides is 1. The molecule has 4 rings (SSSR count). The number of para-hydroxylation sites is 1. The maximum atomic E-state index is 14.1. The molecule has 1 aromatic heterocycles. The van der Waals surface area contributed by atoms with Gasteiger partial charge in [-0.2, -0.15) is 5.10 Å². The molecule has 2 heterocycles. The van der Waals surface area contributed by atoms with Gasteiger partial charge in [-0.05, 0) is 42.1 Å². The van der Waals surface area contributed by atoms with E-state index in [1.165, 1.54) is 12.1 Å². The van der Waals surface area contributed by atoms with E-state index in [0.717, 1.165) is 10.5 Å². The van der Waals surface area contributed by atoms with Crippen LogP contribution >= 0.6 is 23.8 Å². The summed E-state index contributed by atoms with van der Waals surface area (Å²) in [6, 6.07) is 13.5. The smallest absolute Gasteiger partial charge is 0.281 e. The third-order valence-electron chi connectivity index (χ3n) is 4.23. The van der Waals surface area contributed by atoms with Crippen molar-refractivity contribution in [2.24, 2.45) is 0 Å². The summed E-state index contributed by atoms with van der Waals surface area (Å²) in [7, 11) is 0. The van der Waals surface area contributed by atoms with Gasteiger partial charge in [0.1, 0.15) is 11.5 Å². The molecule has 0 bridgehead atoms. The number of aromatic nitrogens is 2. The Kier molecular flexibility index (Phi) is 4.93. The number of hydrogen-bond donors (Lipinski definition) is 1. The normalized spacial score (nSPS) is 15.4. The van der Waals surface area contributed by atoms with Crippen LogP contribution in [-0.2, 0) is 11.3 Å². The molecule has 1 fully saturated rings. The van der Waals surface area contributed by atoms with Gasteiger partial charge in [0, 0.05) is 16.8 Å². The van der Waals surface area contributed by atoms with Crippen LogP contribution in [0.3, 0.4) is 0 Å². The molecule has 8 heteroatoms. The third-order valence-corrected chi connectivity index (χ3v) is 4.88. The number of carbonyl (C=O) groups excluding carboxylic acids is 1. The molecular formula is C20H14ClFN4OS. The van der Waals surface area contributed by atoms with Crippen LogP contribution in [0.4, 0.5) is 10.1 Å². The van der Waals surface area contributed by atoms with Gasteiger partial charge in [-0.3, -0.25) is 9.48 Å². The van der Waals surface area contributed by atoms with Crippen LogP contribution in [0.5, 0.6) is 0 Å². The van der Waals surface area contributed by atoms with E-state index in [-0.39, 0.29) is 16.5 Å². The molecule has 0 spiro atoms. The number of hydrogen-bond acceptors (Lipinski definition) is 3. The van der Waals surface area contributed by atoms with Crippen LogP contribution in [0.2, 0.25) is 5.02 Å². The summed E-state index contributed by atoms with van der Waals surface area (Å²) in [5.41, 5.74) is 2.02. The highest BCUT2D eigenvalue weighted by molar-refractivity contribution is 7.80. The predicted octanol–water partition coefficient (Wildman–Crippen LogP) is 3.99. The van der Waals surface area contributed by atoms with E-state index >= 15 is 0 Å². The van der Waals surface area contributed by atoms with Crippen LogP contribution in [0.25, 0.3) is 6.08 Å². The quantitative estimate of drug-likeness (QED) is 0.520. The summed E-state index contributed by atoms with van der Waals surface area (Å²) >= 11 is 11.4. The van der Waals surface area contributed by atoms with Crippen LogP contribution in [0.1, 0.15) is 11.1 Å². The second-order valence-electron chi connectivity index (χ2n) is 6.14. The minimum absolute atomic E-state index is 0.114. The molecule has 2 aromatic carbocycles. The molecule has 1 aliphatic rings. The molecular weight excluding hydrogens is 399 g/mol. The van der Waals surface area contributed by atoms with Crippen molar-refractivity contribution in [3.63, 3.8) is 0 Å². The second kappa shape index (κ2) is 7.53. The highest BCUT2D eigenvalue weighted by atomic mass is 35.5.